The minimum atomic E-state index is -3.76. The smallest absolute Gasteiger partial charge is 0.243 e. The number of nitrogens with zero attached hydrogens (tertiary/aromatic N) is 1. The monoisotopic (exact) mass is 421 g/mol. The van der Waals surface area contributed by atoms with Gasteiger partial charge < -0.3 is 5.11 Å². The number of sulfonamides is 1. The van der Waals surface area contributed by atoms with Gasteiger partial charge in [0.25, 0.3) is 0 Å². The lowest BCUT2D eigenvalue weighted by Crippen LogP contribution is -2.51. The van der Waals surface area contributed by atoms with Crippen molar-refractivity contribution in [1.29, 1.82) is 0 Å². The van der Waals surface area contributed by atoms with Crippen molar-refractivity contribution >= 4 is 21.6 Å². The molecule has 1 N–H and O–H groups in total. The summed E-state index contributed by atoms with van der Waals surface area (Å²) >= 11 is 5.96. The fourth-order valence-corrected chi connectivity index (χ4v) is 6.08. The Kier molecular flexibility index (Phi) is 6.81. The molecule has 4 nitrogen and oxygen atoms in total. The molecule has 0 spiro atoms. The lowest BCUT2D eigenvalue weighted by Gasteiger charge is -2.39. The van der Waals surface area contributed by atoms with E-state index < -0.39 is 16.1 Å². The van der Waals surface area contributed by atoms with Crippen LogP contribution >= 0.6 is 11.6 Å². The standard InChI is InChI=1S/C22H28ClNO3S/c1-16(2)13-21(15-25)24(28(26,27)22-11-8-19(23)9-12-22)20-10-7-17-5-3-4-6-18(17)14-20/h3-6,8-9,11-12,16,20-21,25H,7,10,13-15H2,1-2H3/t20?,21-/m1/s1. The predicted octanol–water partition coefficient (Wildman–Crippen LogP) is 4.30. The molecular weight excluding hydrogens is 394 g/mol. The minimum absolute atomic E-state index is 0.175. The Labute approximate surface area is 173 Å². The molecule has 1 aliphatic rings. The van der Waals surface area contributed by atoms with Crippen molar-refractivity contribution in [2.24, 2.45) is 5.92 Å². The Bertz CT molecular complexity index is 896. The lowest BCUT2D eigenvalue weighted by atomic mass is 9.87. The third-order valence-corrected chi connectivity index (χ3v) is 7.66. The SMILES string of the molecule is CC(C)C[C@H](CO)N(C1CCc2ccccc2C1)S(=O)(=O)c1ccc(Cl)cc1. The molecule has 1 unspecified atom stereocenters. The van der Waals surface area contributed by atoms with E-state index in [1.54, 1.807) is 28.6 Å². The second-order valence-corrected chi connectivity index (χ2v) is 10.2. The fourth-order valence-electron chi connectivity index (χ4n) is 4.12. The lowest BCUT2D eigenvalue weighted by molar-refractivity contribution is 0.133. The summed E-state index contributed by atoms with van der Waals surface area (Å²) in [5, 5.41) is 10.6. The molecule has 0 bridgehead atoms. The average Bonchev–Trinajstić information content (AvgIpc) is 2.67. The first-order valence-corrected chi connectivity index (χ1v) is 11.6. The summed E-state index contributed by atoms with van der Waals surface area (Å²) in [5.41, 5.74) is 2.48. The van der Waals surface area contributed by atoms with Crippen molar-refractivity contribution in [2.45, 2.75) is 56.5 Å². The summed E-state index contributed by atoms with van der Waals surface area (Å²) < 4.78 is 28.8. The van der Waals surface area contributed by atoms with E-state index in [2.05, 4.69) is 12.1 Å². The third-order valence-electron chi connectivity index (χ3n) is 5.38. The molecule has 0 amide bonds. The van der Waals surface area contributed by atoms with E-state index >= 15 is 0 Å². The van der Waals surface area contributed by atoms with E-state index in [9.17, 15) is 13.5 Å². The zero-order chi connectivity index (χ0) is 20.3. The Morgan fingerprint density at radius 3 is 2.36 bits per heavy atom. The zero-order valence-corrected chi connectivity index (χ0v) is 18.0. The number of hydrogen-bond acceptors (Lipinski definition) is 3. The first-order chi connectivity index (χ1) is 13.3. The molecule has 2 atom stereocenters. The summed E-state index contributed by atoms with van der Waals surface area (Å²) in [6.07, 6.45) is 2.87. The van der Waals surface area contributed by atoms with Gasteiger partial charge in [-0.05, 0) is 67.0 Å². The largest absolute Gasteiger partial charge is 0.395 e. The highest BCUT2D eigenvalue weighted by Gasteiger charge is 2.38. The van der Waals surface area contributed by atoms with Crippen molar-refractivity contribution in [3.05, 3.63) is 64.7 Å². The molecule has 0 saturated heterocycles. The van der Waals surface area contributed by atoms with Crippen LogP contribution in [0.3, 0.4) is 0 Å². The van der Waals surface area contributed by atoms with Crippen LogP contribution in [0.4, 0.5) is 0 Å². The topological polar surface area (TPSA) is 57.6 Å². The molecule has 152 valence electrons. The summed E-state index contributed by atoms with van der Waals surface area (Å²) in [5.74, 6) is 0.274. The molecule has 3 rings (SSSR count). The molecule has 2 aromatic rings. The van der Waals surface area contributed by atoms with Crippen molar-refractivity contribution in [3.63, 3.8) is 0 Å². The van der Waals surface area contributed by atoms with Gasteiger partial charge in [-0.1, -0.05) is 49.7 Å². The van der Waals surface area contributed by atoms with Gasteiger partial charge in [-0.15, -0.1) is 0 Å². The normalized spacial score (nSPS) is 18.3. The number of aryl methyl sites for hydroxylation is 1. The Morgan fingerprint density at radius 1 is 1.11 bits per heavy atom. The second-order valence-electron chi connectivity index (χ2n) is 7.92. The summed E-state index contributed by atoms with van der Waals surface area (Å²) in [4.78, 5) is 0.220. The highest BCUT2D eigenvalue weighted by molar-refractivity contribution is 7.89. The molecule has 0 saturated carbocycles. The van der Waals surface area contributed by atoms with Gasteiger partial charge in [0.05, 0.1) is 11.5 Å². The van der Waals surface area contributed by atoms with Crippen LogP contribution in [0.25, 0.3) is 0 Å². The summed E-state index contributed by atoms with van der Waals surface area (Å²) in [7, 11) is -3.76. The summed E-state index contributed by atoms with van der Waals surface area (Å²) in [6.45, 7) is 3.90. The van der Waals surface area contributed by atoms with Crippen LogP contribution in [-0.4, -0.2) is 36.5 Å². The average molecular weight is 422 g/mol. The van der Waals surface area contributed by atoms with Crippen molar-refractivity contribution in [2.75, 3.05) is 6.61 Å². The maximum absolute atomic E-state index is 13.6. The van der Waals surface area contributed by atoms with Crippen LogP contribution in [-0.2, 0) is 22.9 Å². The van der Waals surface area contributed by atoms with Gasteiger partial charge in [-0.2, -0.15) is 4.31 Å². The van der Waals surface area contributed by atoms with E-state index in [0.29, 0.717) is 17.9 Å². The fraction of sp³-hybridized carbons (Fsp3) is 0.455. The van der Waals surface area contributed by atoms with Gasteiger partial charge in [0.2, 0.25) is 10.0 Å². The number of benzene rings is 2. The highest BCUT2D eigenvalue weighted by Crippen LogP contribution is 2.32. The number of halogens is 1. The van der Waals surface area contributed by atoms with Crippen LogP contribution < -0.4 is 0 Å². The molecule has 0 fully saturated rings. The first-order valence-electron chi connectivity index (χ1n) is 9.79. The third kappa shape index (κ3) is 4.60. The van der Waals surface area contributed by atoms with Crippen LogP contribution in [0.5, 0.6) is 0 Å². The van der Waals surface area contributed by atoms with Gasteiger partial charge in [0, 0.05) is 17.1 Å². The van der Waals surface area contributed by atoms with Crippen LogP contribution in [0.1, 0.15) is 37.8 Å². The van der Waals surface area contributed by atoms with Crippen LogP contribution in [0, 0.1) is 5.92 Å². The number of fused-ring (bicyclic) bond motifs is 1. The van der Waals surface area contributed by atoms with Crippen molar-refractivity contribution in [3.8, 4) is 0 Å². The Balaban J connectivity index is 2.01. The van der Waals surface area contributed by atoms with E-state index in [-0.39, 0.29) is 23.5 Å². The molecule has 1 aliphatic carbocycles. The number of aliphatic hydroxyl groups is 1. The second kappa shape index (κ2) is 8.95. The molecular formula is C22H28ClNO3S. The van der Waals surface area contributed by atoms with Gasteiger partial charge >= 0.3 is 0 Å². The number of hydrogen-bond donors (Lipinski definition) is 1. The van der Waals surface area contributed by atoms with E-state index in [4.69, 9.17) is 11.6 Å². The Hall–Kier alpha value is -1.40. The number of aliphatic hydroxyl groups excluding tert-OH is 1. The molecule has 0 heterocycles. The molecule has 0 aromatic heterocycles. The van der Waals surface area contributed by atoms with Crippen molar-refractivity contribution < 1.29 is 13.5 Å². The predicted molar refractivity (Wildman–Crippen MR) is 113 cm³/mol. The molecule has 0 radical (unpaired) electrons. The highest BCUT2D eigenvalue weighted by atomic mass is 35.5. The minimum Gasteiger partial charge on any atom is -0.395 e. The zero-order valence-electron chi connectivity index (χ0n) is 16.4. The van der Waals surface area contributed by atoms with Crippen LogP contribution in [0.15, 0.2) is 53.4 Å². The quantitative estimate of drug-likeness (QED) is 0.725. The van der Waals surface area contributed by atoms with E-state index in [1.807, 2.05) is 26.0 Å². The summed E-state index contributed by atoms with van der Waals surface area (Å²) in [6, 6.07) is 13.9. The Morgan fingerprint density at radius 2 is 1.75 bits per heavy atom. The van der Waals surface area contributed by atoms with Gasteiger partial charge in [-0.25, -0.2) is 8.42 Å². The van der Waals surface area contributed by atoms with E-state index in [0.717, 1.165) is 12.8 Å². The van der Waals surface area contributed by atoms with Crippen molar-refractivity contribution in [1.82, 2.24) is 4.31 Å². The van der Waals surface area contributed by atoms with Crippen LogP contribution in [0.2, 0.25) is 5.02 Å². The van der Waals surface area contributed by atoms with E-state index in [1.165, 1.54) is 11.1 Å². The van der Waals surface area contributed by atoms with Gasteiger partial charge in [0.15, 0.2) is 0 Å². The van der Waals surface area contributed by atoms with Gasteiger partial charge in [-0.3, -0.25) is 0 Å². The molecule has 0 aliphatic heterocycles. The first kappa shape index (κ1) is 21.3. The molecule has 2 aromatic carbocycles. The molecule has 6 heteroatoms. The number of rotatable bonds is 7. The van der Waals surface area contributed by atoms with Gasteiger partial charge in [0.1, 0.15) is 0 Å². The molecule has 28 heavy (non-hydrogen) atoms. The maximum Gasteiger partial charge on any atom is 0.243 e. The maximum atomic E-state index is 13.6.